The molecule has 1 nitrogen and oxygen atoms in total. The van der Waals surface area contributed by atoms with Crippen LogP contribution in [0.4, 0.5) is 5.69 Å². The number of rotatable bonds is 3. The summed E-state index contributed by atoms with van der Waals surface area (Å²) in [5.41, 5.74) is 8.49. The van der Waals surface area contributed by atoms with Gasteiger partial charge < -0.3 is 0 Å². The highest BCUT2D eigenvalue weighted by Gasteiger charge is 2.17. The molecular weight excluding hydrogens is 302 g/mol. The highest BCUT2D eigenvalue weighted by atomic mass is 14.7. The van der Waals surface area contributed by atoms with Gasteiger partial charge in [0.15, 0.2) is 0 Å². The normalized spacial score (nSPS) is 20.5. The van der Waals surface area contributed by atoms with Crippen molar-refractivity contribution in [1.82, 2.24) is 0 Å². The molecule has 3 rings (SSSR count). The minimum Gasteiger partial charge on any atom is -0.253 e. The zero-order valence-electron chi connectivity index (χ0n) is 15.9. The van der Waals surface area contributed by atoms with Crippen LogP contribution in [0.2, 0.25) is 0 Å². The molecule has 0 amide bonds. The molecular formula is C24H27N. The van der Waals surface area contributed by atoms with Crippen LogP contribution in [0.15, 0.2) is 71.3 Å². The van der Waals surface area contributed by atoms with Crippen molar-refractivity contribution in [1.29, 1.82) is 0 Å². The first-order valence-corrected chi connectivity index (χ1v) is 9.03. The van der Waals surface area contributed by atoms with Gasteiger partial charge in [-0.1, -0.05) is 67.1 Å². The lowest BCUT2D eigenvalue weighted by Gasteiger charge is -2.22. The molecule has 0 bridgehead atoms. The maximum absolute atomic E-state index is 4.85. The molecule has 2 aromatic carbocycles. The molecule has 1 aliphatic carbocycles. The molecule has 128 valence electrons. The molecule has 0 aliphatic heterocycles. The zero-order chi connectivity index (χ0) is 18.0. The van der Waals surface area contributed by atoms with Crippen molar-refractivity contribution >= 4 is 11.4 Å². The topological polar surface area (TPSA) is 12.4 Å². The van der Waals surface area contributed by atoms with E-state index in [9.17, 15) is 0 Å². The summed E-state index contributed by atoms with van der Waals surface area (Å²) in [6.45, 7) is 10.8. The van der Waals surface area contributed by atoms with Gasteiger partial charge in [0.25, 0.3) is 0 Å². The molecule has 2 unspecified atom stereocenters. The van der Waals surface area contributed by atoms with Gasteiger partial charge in [0.1, 0.15) is 0 Å². The van der Waals surface area contributed by atoms with Crippen molar-refractivity contribution in [3.8, 4) is 0 Å². The number of benzene rings is 2. The molecule has 0 aromatic heterocycles. The molecule has 0 spiro atoms. The molecule has 0 saturated heterocycles. The van der Waals surface area contributed by atoms with Gasteiger partial charge in [0, 0.05) is 11.6 Å². The molecule has 0 radical (unpaired) electrons. The second-order valence-electron chi connectivity index (χ2n) is 7.26. The van der Waals surface area contributed by atoms with Crippen molar-refractivity contribution in [2.75, 3.05) is 0 Å². The summed E-state index contributed by atoms with van der Waals surface area (Å²) < 4.78 is 0. The SMILES string of the molecule is CC1=CC(C)C(c2ccc(C(C)=Nc3cc(C)ccc3C)cc2)C=C1. The average Bonchev–Trinajstić information content (AvgIpc) is 2.58. The van der Waals surface area contributed by atoms with E-state index in [4.69, 9.17) is 4.99 Å². The predicted octanol–water partition coefficient (Wildman–Crippen LogP) is 6.68. The Morgan fingerprint density at radius 2 is 1.68 bits per heavy atom. The van der Waals surface area contributed by atoms with E-state index in [2.05, 4.69) is 95.3 Å². The summed E-state index contributed by atoms with van der Waals surface area (Å²) in [4.78, 5) is 4.85. The Balaban J connectivity index is 1.84. The first-order valence-electron chi connectivity index (χ1n) is 9.03. The molecule has 0 fully saturated rings. The number of nitrogens with zero attached hydrogens (tertiary/aromatic N) is 1. The summed E-state index contributed by atoms with van der Waals surface area (Å²) in [6.07, 6.45) is 6.91. The van der Waals surface area contributed by atoms with Gasteiger partial charge in [-0.25, -0.2) is 0 Å². The van der Waals surface area contributed by atoms with Gasteiger partial charge in [0.2, 0.25) is 0 Å². The summed E-state index contributed by atoms with van der Waals surface area (Å²) in [7, 11) is 0. The molecule has 1 aliphatic rings. The number of aryl methyl sites for hydroxylation is 2. The van der Waals surface area contributed by atoms with Crippen LogP contribution in [0.3, 0.4) is 0 Å². The van der Waals surface area contributed by atoms with E-state index in [0.717, 1.165) is 11.4 Å². The van der Waals surface area contributed by atoms with Crippen molar-refractivity contribution in [2.45, 2.75) is 40.5 Å². The van der Waals surface area contributed by atoms with Crippen LogP contribution in [0.1, 0.15) is 48.9 Å². The first-order chi connectivity index (χ1) is 11.9. The Kier molecular flexibility index (Phi) is 5.03. The van der Waals surface area contributed by atoms with Crippen molar-refractivity contribution < 1.29 is 0 Å². The van der Waals surface area contributed by atoms with Crippen LogP contribution >= 0.6 is 0 Å². The van der Waals surface area contributed by atoms with Crippen LogP contribution < -0.4 is 0 Å². The molecule has 2 aromatic rings. The Bertz CT molecular complexity index is 850. The summed E-state index contributed by atoms with van der Waals surface area (Å²) in [6, 6.07) is 15.3. The third-order valence-corrected chi connectivity index (χ3v) is 5.02. The van der Waals surface area contributed by atoms with Gasteiger partial charge in [-0.05, 0) is 61.9 Å². The average molecular weight is 329 g/mol. The van der Waals surface area contributed by atoms with Gasteiger partial charge in [-0.2, -0.15) is 0 Å². The van der Waals surface area contributed by atoms with E-state index in [1.54, 1.807) is 0 Å². The zero-order valence-corrected chi connectivity index (χ0v) is 15.9. The van der Waals surface area contributed by atoms with E-state index in [-0.39, 0.29) is 0 Å². The minimum atomic E-state index is 0.467. The Morgan fingerprint density at radius 1 is 0.960 bits per heavy atom. The lowest BCUT2D eigenvalue weighted by Crippen LogP contribution is -2.09. The quantitative estimate of drug-likeness (QED) is 0.557. The molecule has 2 atom stereocenters. The van der Waals surface area contributed by atoms with Gasteiger partial charge in [-0.3, -0.25) is 4.99 Å². The maximum Gasteiger partial charge on any atom is 0.0664 e. The second kappa shape index (κ2) is 7.23. The Labute approximate surface area is 151 Å². The molecule has 25 heavy (non-hydrogen) atoms. The third-order valence-electron chi connectivity index (χ3n) is 5.02. The molecule has 0 heterocycles. The number of hydrogen-bond acceptors (Lipinski definition) is 1. The Morgan fingerprint density at radius 3 is 2.36 bits per heavy atom. The molecule has 0 N–H and O–H groups in total. The summed E-state index contributed by atoms with van der Waals surface area (Å²) in [5.74, 6) is 1.01. The highest BCUT2D eigenvalue weighted by Crippen LogP contribution is 2.32. The van der Waals surface area contributed by atoms with E-state index >= 15 is 0 Å². The summed E-state index contributed by atoms with van der Waals surface area (Å²) >= 11 is 0. The predicted molar refractivity (Wildman–Crippen MR) is 109 cm³/mol. The monoisotopic (exact) mass is 329 g/mol. The second-order valence-corrected chi connectivity index (χ2v) is 7.26. The first kappa shape index (κ1) is 17.4. The standard InChI is InChI=1S/C24H27N/c1-16-7-13-23(19(4)14-16)22-11-9-21(10-12-22)20(5)25-24-15-17(2)6-8-18(24)3/h6-15,19,23H,1-5H3. The van der Waals surface area contributed by atoms with E-state index in [0.29, 0.717) is 11.8 Å². The van der Waals surface area contributed by atoms with Crippen LogP contribution in [0, 0.1) is 19.8 Å². The maximum atomic E-state index is 4.85. The van der Waals surface area contributed by atoms with Gasteiger partial charge in [-0.15, -0.1) is 0 Å². The number of aliphatic imine (C=N–C) groups is 1. The minimum absolute atomic E-state index is 0.467. The number of allylic oxidation sites excluding steroid dienone is 4. The lowest BCUT2D eigenvalue weighted by molar-refractivity contribution is 0.630. The highest BCUT2D eigenvalue weighted by molar-refractivity contribution is 6.00. The lowest BCUT2D eigenvalue weighted by atomic mass is 9.82. The smallest absolute Gasteiger partial charge is 0.0664 e. The largest absolute Gasteiger partial charge is 0.253 e. The van der Waals surface area contributed by atoms with E-state index in [1.807, 2.05) is 0 Å². The fraction of sp³-hybridized carbons (Fsp3) is 0.292. The van der Waals surface area contributed by atoms with Crippen LogP contribution in [-0.4, -0.2) is 5.71 Å². The van der Waals surface area contributed by atoms with Crippen LogP contribution in [0.25, 0.3) is 0 Å². The van der Waals surface area contributed by atoms with Gasteiger partial charge >= 0.3 is 0 Å². The number of hydrogen-bond donors (Lipinski definition) is 0. The van der Waals surface area contributed by atoms with Crippen molar-refractivity contribution in [3.05, 3.63) is 88.5 Å². The van der Waals surface area contributed by atoms with Crippen LogP contribution in [-0.2, 0) is 0 Å². The van der Waals surface area contributed by atoms with Crippen molar-refractivity contribution in [2.24, 2.45) is 10.9 Å². The van der Waals surface area contributed by atoms with Crippen LogP contribution in [0.5, 0.6) is 0 Å². The fourth-order valence-corrected chi connectivity index (χ4v) is 3.45. The Hall–Kier alpha value is -2.41. The third kappa shape index (κ3) is 3.99. The van der Waals surface area contributed by atoms with E-state index in [1.165, 1.54) is 27.8 Å². The van der Waals surface area contributed by atoms with Gasteiger partial charge in [0.05, 0.1) is 5.69 Å². The van der Waals surface area contributed by atoms with Crippen molar-refractivity contribution in [3.63, 3.8) is 0 Å². The molecule has 0 saturated carbocycles. The van der Waals surface area contributed by atoms with E-state index < -0.39 is 0 Å². The fourth-order valence-electron chi connectivity index (χ4n) is 3.45. The summed E-state index contributed by atoms with van der Waals surface area (Å²) in [5, 5.41) is 0. The molecule has 1 heteroatoms.